The van der Waals surface area contributed by atoms with E-state index in [4.69, 9.17) is 0 Å². The summed E-state index contributed by atoms with van der Waals surface area (Å²) in [5.74, 6) is 0.288. The van der Waals surface area contributed by atoms with Crippen LogP contribution in [-0.2, 0) is 4.79 Å². The van der Waals surface area contributed by atoms with Crippen LogP contribution in [0.5, 0.6) is 0 Å². The van der Waals surface area contributed by atoms with Crippen molar-refractivity contribution in [1.29, 1.82) is 0 Å². The molecule has 5 nitrogen and oxygen atoms in total. The summed E-state index contributed by atoms with van der Waals surface area (Å²) in [6, 6.07) is 5.63. The van der Waals surface area contributed by atoms with E-state index in [1.807, 2.05) is 18.2 Å². The summed E-state index contributed by atoms with van der Waals surface area (Å²) in [6.45, 7) is 8.38. The highest BCUT2D eigenvalue weighted by Gasteiger charge is 2.60. The molecule has 1 fully saturated rings. The van der Waals surface area contributed by atoms with Crippen molar-refractivity contribution in [1.82, 2.24) is 15.2 Å². The van der Waals surface area contributed by atoms with Crippen LogP contribution in [0.4, 0.5) is 5.13 Å². The average Bonchev–Trinajstić information content (AvgIpc) is 2.86. The fraction of sp³-hybridized carbons (Fsp3) is 0.412. The maximum Gasteiger partial charge on any atom is 0.230 e. The first-order chi connectivity index (χ1) is 10.9. The molecule has 0 saturated heterocycles. The molecule has 2 heterocycles. The lowest BCUT2D eigenvalue weighted by Crippen LogP contribution is -2.16. The molecule has 2 atom stereocenters. The van der Waals surface area contributed by atoms with E-state index in [0.717, 1.165) is 5.69 Å². The lowest BCUT2D eigenvalue weighted by Gasteiger charge is -2.01. The lowest BCUT2D eigenvalue weighted by atomic mass is 10.1. The Hall–Kier alpha value is -2.08. The van der Waals surface area contributed by atoms with Crippen molar-refractivity contribution in [2.45, 2.75) is 27.7 Å². The summed E-state index contributed by atoms with van der Waals surface area (Å²) in [5, 5.41) is 12.3. The molecular weight excluding hydrogens is 308 g/mol. The number of allylic oxidation sites excluding steroid dienone is 2. The third-order valence-electron chi connectivity index (χ3n) is 4.25. The molecular formula is C17H20N4OS. The molecule has 23 heavy (non-hydrogen) atoms. The molecule has 0 aliphatic heterocycles. The molecule has 1 N–H and O–H groups in total. The third-order valence-corrected chi connectivity index (χ3v) is 5.11. The largest absolute Gasteiger partial charge is 0.300 e. The standard InChI is InChI=1S/C17H20N4OS/c1-10(2)9-11-13(17(11,3)4)14(22)19-16-21-20-15(23-16)12-7-5-6-8-18-12/h5-9,11,13H,1-4H3,(H,19,21,22)/t11-,13+/m0/s1. The van der Waals surface area contributed by atoms with E-state index < -0.39 is 0 Å². The number of hydrogen-bond acceptors (Lipinski definition) is 5. The van der Waals surface area contributed by atoms with Gasteiger partial charge in [-0.3, -0.25) is 9.78 Å². The van der Waals surface area contributed by atoms with Crippen molar-refractivity contribution in [3.05, 3.63) is 36.0 Å². The predicted molar refractivity (Wildman–Crippen MR) is 92.0 cm³/mol. The highest BCUT2D eigenvalue weighted by Crippen LogP contribution is 2.59. The predicted octanol–water partition coefficient (Wildman–Crippen LogP) is 3.78. The van der Waals surface area contributed by atoms with Crippen molar-refractivity contribution in [2.24, 2.45) is 17.3 Å². The second kappa shape index (κ2) is 5.85. The molecule has 0 spiro atoms. The minimum atomic E-state index is -0.0143. The van der Waals surface area contributed by atoms with Gasteiger partial charge in [-0.1, -0.05) is 42.9 Å². The van der Waals surface area contributed by atoms with Crippen LogP contribution in [0.25, 0.3) is 10.7 Å². The number of carbonyl (C=O) groups excluding carboxylic acids is 1. The quantitative estimate of drug-likeness (QED) is 0.867. The molecule has 2 aromatic rings. The molecule has 1 aliphatic rings. The zero-order valence-electron chi connectivity index (χ0n) is 13.7. The maximum atomic E-state index is 12.5. The van der Waals surface area contributed by atoms with Crippen molar-refractivity contribution in [2.75, 3.05) is 5.32 Å². The van der Waals surface area contributed by atoms with Gasteiger partial charge < -0.3 is 5.32 Å². The summed E-state index contributed by atoms with van der Waals surface area (Å²) >= 11 is 1.34. The van der Waals surface area contributed by atoms with E-state index >= 15 is 0 Å². The van der Waals surface area contributed by atoms with Crippen LogP contribution in [-0.4, -0.2) is 21.1 Å². The minimum absolute atomic E-state index is 0.00411. The van der Waals surface area contributed by atoms with Gasteiger partial charge in [-0.25, -0.2) is 0 Å². The molecule has 120 valence electrons. The first-order valence-electron chi connectivity index (χ1n) is 7.60. The second-order valence-electron chi connectivity index (χ2n) is 6.69. The Morgan fingerprint density at radius 2 is 2.09 bits per heavy atom. The Kier molecular flexibility index (Phi) is 4.02. The van der Waals surface area contributed by atoms with E-state index in [1.54, 1.807) is 6.20 Å². The number of rotatable bonds is 4. The summed E-state index contributed by atoms with van der Waals surface area (Å²) in [4.78, 5) is 16.8. The van der Waals surface area contributed by atoms with Gasteiger partial charge in [0.25, 0.3) is 0 Å². The van der Waals surface area contributed by atoms with Gasteiger partial charge in [0.05, 0.1) is 5.92 Å². The Morgan fingerprint density at radius 1 is 1.30 bits per heavy atom. The second-order valence-corrected chi connectivity index (χ2v) is 7.66. The number of nitrogens with one attached hydrogen (secondary N) is 1. The van der Waals surface area contributed by atoms with Gasteiger partial charge in [-0.15, -0.1) is 10.2 Å². The van der Waals surface area contributed by atoms with Crippen LogP contribution in [0.3, 0.4) is 0 Å². The van der Waals surface area contributed by atoms with E-state index in [1.165, 1.54) is 16.9 Å². The Morgan fingerprint density at radius 3 is 2.74 bits per heavy atom. The van der Waals surface area contributed by atoms with E-state index in [2.05, 4.69) is 54.3 Å². The van der Waals surface area contributed by atoms with Gasteiger partial charge in [-0.2, -0.15) is 0 Å². The van der Waals surface area contributed by atoms with Crippen LogP contribution in [0.2, 0.25) is 0 Å². The first kappa shape index (κ1) is 15.8. The SMILES string of the molecule is CC(C)=C[C@H]1[C@H](C(=O)Nc2nnc(-c3ccccn3)s2)C1(C)C. The smallest absolute Gasteiger partial charge is 0.230 e. The topological polar surface area (TPSA) is 67.8 Å². The number of pyridine rings is 1. The molecule has 2 aromatic heterocycles. The van der Waals surface area contributed by atoms with Crippen LogP contribution >= 0.6 is 11.3 Å². The van der Waals surface area contributed by atoms with Crippen LogP contribution in [0.1, 0.15) is 27.7 Å². The monoisotopic (exact) mass is 328 g/mol. The molecule has 1 aliphatic carbocycles. The molecule has 1 amide bonds. The number of nitrogens with zero attached hydrogens (tertiary/aromatic N) is 3. The molecule has 0 radical (unpaired) electrons. The van der Waals surface area contributed by atoms with Crippen molar-refractivity contribution >= 4 is 22.4 Å². The van der Waals surface area contributed by atoms with E-state index in [9.17, 15) is 4.79 Å². The van der Waals surface area contributed by atoms with Crippen LogP contribution in [0.15, 0.2) is 36.0 Å². The van der Waals surface area contributed by atoms with E-state index in [0.29, 0.717) is 10.1 Å². The number of anilines is 1. The zero-order valence-corrected chi connectivity index (χ0v) is 14.5. The number of amides is 1. The van der Waals surface area contributed by atoms with Crippen LogP contribution < -0.4 is 5.32 Å². The molecule has 3 rings (SSSR count). The summed E-state index contributed by atoms with van der Waals surface area (Å²) in [7, 11) is 0. The van der Waals surface area contributed by atoms with E-state index in [-0.39, 0.29) is 23.2 Å². The fourth-order valence-corrected chi connectivity index (χ4v) is 3.62. The number of carbonyl (C=O) groups is 1. The number of aromatic nitrogens is 3. The molecule has 1 saturated carbocycles. The van der Waals surface area contributed by atoms with Crippen molar-refractivity contribution < 1.29 is 4.79 Å². The normalized spacial score (nSPS) is 21.6. The highest BCUT2D eigenvalue weighted by atomic mass is 32.1. The zero-order chi connectivity index (χ0) is 16.6. The van der Waals surface area contributed by atoms with Gasteiger partial charge in [0.15, 0.2) is 5.01 Å². The number of hydrogen-bond donors (Lipinski definition) is 1. The Bertz CT molecular complexity index is 747. The Balaban J connectivity index is 1.70. The molecule has 0 unspecified atom stereocenters. The fourth-order valence-electron chi connectivity index (χ4n) is 2.90. The Labute approximate surface area is 139 Å². The molecule has 0 aromatic carbocycles. The minimum Gasteiger partial charge on any atom is -0.300 e. The van der Waals surface area contributed by atoms with Gasteiger partial charge >= 0.3 is 0 Å². The summed E-state index contributed by atoms with van der Waals surface area (Å²) < 4.78 is 0. The van der Waals surface area contributed by atoms with Gasteiger partial charge in [-0.05, 0) is 37.3 Å². The summed E-state index contributed by atoms with van der Waals surface area (Å²) in [6.07, 6.45) is 3.90. The van der Waals surface area contributed by atoms with Gasteiger partial charge in [0.2, 0.25) is 11.0 Å². The van der Waals surface area contributed by atoms with Gasteiger partial charge in [0.1, 0.15) is 5.69 Å². The van der Waals surface area contributed by atoms with Crippen molar-refractivity contribution in [3.8, 4) is 10.7 Å². The lowest BCUT2D eigenvalue weighted by molar-refractivity contribution is -0.118. The molecule has 6 heteroatoms. The highest BCUT2D eigenvalue weighted by molar-refractivity contribution is 7.18. The van der Waals surface area contributed by atoms with Gasteiger partial charge in [0, 0.05) is 6.20 Å². The summed E-state index contributed by atoms with van der Waals surface area (Å²) in [5.41, 5.74) is 2.00. The first-order valence-corrected chi connectivity index (χ1v) is 8.42. The molecule has 0 bridgehead atoms. The third kappa shape index (κ3) is 3.17. The maximum absolute atomic E-state index is 12.5. The van der Waals surface area contributed by atoms with Crippen LogP contribution in [0, 0.1) is 17.3 Å². The van der Waals surface area contributed by atoms with Crippen molar-refractivity contribution in [3.63, 3.8) is 0 Å². The average molecular weight is 328 g/mol.